The van der Waals surface area contributed by atoms with E-state index < -0.39 is 0 Å². The smallest absolute Gasteiger partial charge is 0.161 e. The maximum Gasteiger partial charge on any atom is 0.161 e. The predicted octanol–water partition coefficient (Wildman–Crippen LogP) is 4.51. The van der Waals surface area contributed by atoms with E-state index in [0.717, 1.165) is 48.7 Å². The molecule has 0 bridgehead atoms. The average molecular weight is 378 g/mol. The maximum atomic E-state index is 6.50. The molecule has 0 saturated carbocycles. The lowest BCUT2D eigenvalue weighted by atomic mass is 9.87. The summed E-state index contributed by atoms with van der Waals surface area (Å²) < 4.78 is 17.2. The first-order chi connectivity index (χ1) is 12.3. The molecule has 0 aromatic heterocycles. The molecule has 2 aromatic carbocycles. The average Bonchev–Trinajstić information content (AvgIpc) is 2.68. The molecule has 5 heteroatoms. The molecule has 0 radical (unpaired) electrons. The second-order valence-corrected chi connectivity index (χ2v) is 6.39. The lowest BCUT2D eigenvalue weighted by Gasteiger charge is -2.28. The Morgan fingerprint density at radius 3 is 2.46 bits per heavy atom. The number of hydrogen-bond acceptors (Lipinski definition) is 4. The van der Waals surface area contributed by atoms with Crippen LogP contribution in [0.1, 0.15) is 36.9 Å². The van der Waals surface area contributed by atoms with Crippen molar-refractivity contribution in [1.82, 2.24) is 0 Å². The third kappa shape index (κ3) is 5.37. The first kappa shape index (κ1) is 20.6. The molecule has 1 aliphatic heterocycles. The quantitative estimate of drug-likeness (QED) is 0.771. The van der Waals surface area contributed by atoms with E-state index in [4.69, 9.17) is 19.9 Å². The van der Waals surface area contributed by atoms with Crippen LogP contribution in [-0.4, -0.2) is 19.8 Å². The molecule has 4 nitrogen and oxygen atoms in total. The highest BCUT2D eigenvalue weighted by Gasteiger charge is 2.23. The van der Waals surface area contributed by atoms with Crippen molar-refractivity contribution in [1.29, 1.82) is 0 Å². The molecule has 1 aliphatic rings. The Hall–Kier alpha value is -1.75. The van der Waals surface area contributed by atoms with Gasteiger partial charge < -0.3 is 19.9 Å². The first-order valence-electron chi connectivity index (χ1n) is 9.04. The largest absolute Gasteiger partial charge is 0.490 e. The van der Waals surface area contributed by atoms with Gasteiger partial charge in [0.1, 0.15) is 6.61 Å². The fourth-order valence-electron chi connectivity index (χ4n) is 3.20. The van der Waals surface area contributed by atoms with Crippen LogP contribution in [0, 0.1) is 5.92 Å². The van der Waals surface area contributed by atoms with Crippen molar-refractivity contribution in [2.75, 3.05) is 19.8 Å². The van der Waals surface area contributed by atoms with Crippen LogP contribution in [0.4, 0.5) is 0 Å². The molecule has 0 amide bonds. The summed E-state index contributed by atoms with van der Waals surface area (Å²) >= 11 is 0. The van der Waals surface area contributed by atoms with Gasteiger partial charge in [0.25, 0.3) is 0 Å². The molecule has 0 unspecified atom stereocenters. The van der Waals surface area contributed by atoms with Gasteiger partial charge in [-0.3, -0.25) is 0 Å². The summed E-state index contributed by atoms with van der Waals surface area (Å²) in [6.07, 6.45) is 2.02. The fourth-order valence-corrected chi connectivity index (χ4v) is 3.20. The van der Waals surface area contributed by atoms with Crippen LogP contribution in [0.2, 0.25) is 0 Å². The standard InChI is InChI=1S/C21H27NO3.ClH/c1-2-24-20-14-18(21(22)17-10-12-23-13-11-17)8-9-19(20)25-15-16-6-4-3-5-7-16;/h3-9,14,17,21H,2,10-13,15,22H2,1H3;1H/t21-;/m0./s1. The summed E-state index contributed by atoms with van der Waals surface area (Å²) in [5.74, 6) is 1.98. The van der Waals surface area contributed by atoms with E-state index in [1.54, 1.807) is 0 Å². The van der Waals surface area contributed by atoms with E-state index in [2.05, 4.69) is 18.2 Å². The van der Waals surface area contributed by atoms with Crippen LogP contribution >= 0.6 is 12.4 Å². The fraction of sp³-hybridized carbons (Fsp3) is 0.429. The minimum absolute atomic E-state index is 0. The molecule has 2 N–H and O–H groups in total. The van der Waals surface area contributed by atoms with Gasteiger partial charge in [0.15, 0.2) is 11.5 Å². The number of halogens is 1. The van der Waals surface area contributed by atoms with Crippen LogP contribution in [-0.2, 0) is 11.3 Å². The van der Waals surface area contributed by atoms with Crippen LogP contribution in [0.5, 0.6) is 11.5 Å². The predicted molar refractivity (Wildman–Crippen MR) is 106 cm³/mol. The van der Waals surface area contributed by atoms with E-state index in [-0.39, 0.29) is 18.4 Å². The van der Waals surface area contributed by atoms with Gasteiger partial charge in [-0.1, -0.05) is 36.4 Å². The van der Waals surface area contributed by atoms with Crippen molar-refractivity contribution in [2.45, 2.75) is 32.4 Å². The van der Waals surface area contributed by atoms with Crippen molar-refractivity contribution >= 4 is 12.4 Å². The summed E-state index contributed by atoms with van der Waals surface area (Å²) in [5.41, 5.74) is 8.73. The summed E-state index contributed by atoms with van der Waals surface area (Å²) in [7, 11) is 0. The molecule has 1 atom stereocenters. The third-order valence-corrected chi connectivity index (χ3v) is 4.66. The van der Waals surface area contributed by atoms with Gasteiger partial charge >= 0.3 is 0 Å². The number of benzene rings is 2. The Bertz CT molecular complexity index is 660. The molecule has 1 fully saturated rings. The highest BCUT2D eigenvalue weighted by atomic mass is 35.5. The normalized spacial score (nSPS) is 15.8. The van der Waals surface area contributed by atoms with E-state index >= 15 is 0 Å². The molecule has 3 rings (SSSR count). The van der Waals surface area contributed by atoms with E-state index in [1.165, 1.54) is 0 Å². The van der Waals surface area contributed by atoms with Gasteiger partial charge in [0.2, 0.25) is 0 Å². The monoisotopic (exact) mass is 377 g/mol. The molecule has 1 saturated heterocycles. The van der Waals surface area contributed by atoms with Crippen molar-refractivity contribution in [3.63, 3.8) is 0 Å². The van der Waals surface area contributed by atoms with E-state index in [0.29, 0.717) is 19.1 Å². The molecular weight excluding hydrogens is 350 g/mol. The van der Waals surface area contributed by atoms with Gasteiger partial charge in [-0.15, -0.1) is 12.4 Å². The zero-order valence-corrected chi connectivity index (χ0v) is 16.0. The lowest BCUT2D eigenvalue weighted by molar-refractivity contribution is 0.0583. The SMILES string of the molecule is CCOc1cc([C@@H](N)C2CCOCC2)ccc1OCc1ccccc1.Cl. The summed E-state index contributed by atoms with van der Waals surface area (Å²) in [5, 5.41) is 0. The summed E-state index contributed by atoms with van der Waals surface area (Å²) in [6, 6.07) is 16.2. The highest BCUT2D eigenvalue weighted by Crippen LogP contribution is 2.34. The van der Waals surface area contributed by atoms with Crippen LogP contribution in [0.3, 0.4) is 0 Å². The third-order valence-electron chi connectivity index (χ3n) is 4.66. The second kappa shape index (κ2) is 10.4. The summed E-state index contributed by atoms with van der Waals surface area (Å²) in [6.45, 7) is 4.69. The highest BCUT2D eigenvalue weighted by molar-refractivity contribution is 5.85. The number of ether oxygens (including phenoxy) is 3. The molecule has 2 aromatic rings. The zero-order valence-electron chi connectivity index (χ0n) is 15.2. The Morgan fingerprint density at radius 1 is 1.04 bits per heavy atom. The van der Waals surface area contributed by atoms with Crippen molar-refractivity contribution in [3.8, 4) is 11.5 Å². The Kier molecular flexibility index (Phi) is 8.23. The first-order valence-corrected chi connectivity index (χ1v) is 9.04. The number of rotatable bonds is 7. The minimum atomic E-state index is 0. The van der Waals surface area contributed by atoms with Crippen molar-refractivity contribution < 1.29 is 14.2 Å². The van der Waals surface area contributed by atoms with E-state index in [1.807, 2.05) is 37.3 Å². The Morgan fingerprint density at radius 2 is 1.77 bits per heavy atom. The van der Waals surface area contributed by atoms with Gasteiger partial charge in [-0.2, -0.15) is 0 Å². The van der Waals surface area contributed by atoms with Gasteiger partial charge in [0, 0.05) is 19.3 Å². The molecule has 0 spiro atoms. The van der Waals surface area contributed by atoms with E-state index in [9.17, 15) is 0 Å². The van der Waals surface area contributed by atoms with Crippen LogP contribution < -0.4 is 15.2 Å². The minimum Gasteiger partial charge on any atom is -0.490 e. The zero-order chi connectivity index (χ0) is 17.5. The number of hydrogen-bond donors (Lipinski definition) is 1. The van der Waals surface area contributed by atoms with Crippen LogP contribution in [0.25, 0.3) is 0 Å². The Labute approximate surface area is 162 Å². The number of nitrogens with two attached hydrogens (primary N) is 1. The van der Waals surface area contributed by atoms with Gasteiger partial charge in [0.05, 0.1) is 6.61 Å². The molecule has 26 heavy (non-hydrogen) atoms. The summed E-state index contributed by atoms with van der Waals surface area (Å²) in [4.78, 5) is 0. The van der Waals surface area contributed by atoms with Crippen molar-refractivity contribution in [3.05, 3.63) is 59.7 Å². The maximum absolute atomic E-state index is 6.50. The topological polar surface area (TPSA) is 53.7 Å². The second-order valence-electron chi connectivity index (χ2n) is 6.39. The molecule has 1 heterocycles. The lowest BCUT2D eigenvalue weighted by Crippen LogP contribution is -2.27. The van der Waals surface area contributed by atoms with Crippen LogP contribution in [0.15, 0.2) is 48.5 Å². The van der Waals surface area contributed by atoms with Gasteiger partial charge in [-0.25, -0.2) is 0 Å². The molecule has 142 valence electrons. The van der Waals surface area contributed by atoms with Crippen molar-refractivity contribution in [2.24, 2.45) is 11.7 Å². The Balaban J connectivity index is 0.00000243. The van der Waals surface area contributed by atoms with Gasteiger partial charge in [-0.05, 0) is 48.9 Å². The molecule has 0 aliphatic carbocycles. The molecular formula is C21H28ClNO3.